The summed E-state index contributed by atoms with van der Waals surface area (Å²) in [6.45, 7) is 0.823. The molecule has 0 bridgehead atoms. The zero-order valence-corrected chi connectivity index (χ0v) is 11.9. The van der Waals surface area contributed by atoms with Crippen LogP contribution in [0.4, 0.5) is 0 Å². The van der Waals surface area contributed by atoms with Gasteiger partial charge in [-0.2, -0.15) is 0 Å². The molecule has 1 aromatic heterocycles. The number of nitrogens with zero attached hydrogens (tertiary/aromatic N) is 3. The van der Waals surface area contributed by atoms with Gasteiger partial charge in [0.25, 0.3) is 5.91 Å². The van der Waals surface area contributed by atoms with Crippen LogP contribution in [0.2, 0.25) is 0 Å². The van der Waals surface area contributed by atoms with Gasteiger partial charge < -0.3 is 15.8 Å². The first-order valence-electron chi connectivity index (χ1n) is 7.45. The number of nitrogens with two attached hydrogens (primary N) is 1. The van der Waals surface area contributed by atoms with Gasteiger partial charge in [-0.3, -0.25) is 9.78 Å². The van der Waals surface area contributed by atoms with Crippen LogP contribution in [-0.2, 0) is 0 Å². The number of carbonyl (C=O) groups excluding carboxylic acids is 1. The van der Waals surface area contributed by atoms with Crippen LogP contribution in [0.3, 0.4) is 0 Å². The number of aromatic nitrogens is 1. The second-order valence-corrected chi connectivity index (χ2v) is 5.82. The number of hydrogen-bond donors (Lipinski definition) is 2. The van der Waals surface area contributed by atoms with Gasteiger partial charge in [0.05, 0.1) is 0 Å². The molecule has 2 fully saturated rings. The Labute approximate surface area is 123 Å². The van der Waals surface area contributed by atoms with Crippen molar-refractivity contribution in [2.24, 2.45) is 16.8 Å². The maximum Gasteiger partial charge on any atom is 0.272 e. The fourth-order valence-corrected chi connectivity index (χ4v) is 3.58. The van der Waals surface area contributed by atoms with Gasteiger partial charge in [-0.05, 0) is 43.7 Å². The average molecular weight is 288 g/mol. The maximum atomic E-state index is 12.6. The van der Waals surface area contributed by atoms with Gasteiger partial charge in [0.1, 0.15) is 5.69 Å². The normalized spacial score (nSPS) is 25.7. The number of piperidine rings is 1. The van der Waals surface area contributed by atoms with E-state index in [-0.39, 0.29) is 11.7 Å². The summed E-state index contributed by atoms with van der Waals surface area (Å²) in [6, 6.07) is 3.69. The van der Waals surface area contributed by atoms with Crippen molar-refractivity contribution in [2.45, 2.75) is 38.1 Å². The van der Waals surface area contributed by atoms with Crippen molar-refractivity contribution in [1.29, 1.82) is 0 Å². The Hall–Kier alpha value is -2.11. The van der Waals surface area contributed by atoms with Gasteiger partial charge in [-0.1, -0.05) is 11.6 Å². The maximum absolute atomic E-state index is 12.6. The Morgan fingerprint density at radius 3 is 2.86 bits per heavy atom. The molecule has 2 aliphatic rings. The summed E-state index contributed by atoms with van der Waals surface area (Å²) in [5.74, 6) is 0.659. The van der Waals surface area contributed by atoms with E-state index in [9.17, 15) is 4.79 Å². The number of oxime groups is 1. The first-order chi connectivity index (χ1) is 10.2. The number of fused-ring (bicyclic) bond motifs is 1. The molecule has 6 nitrogen and oxygen atoms in total. The average Bonchev–Trinajstić information content (AvgIpc) is 3.02. The molecule has 2 unspecified atom stereocenters. The Kier molecular flexibility index (Phi) is 3.77. The number of amidine groups is 1. The third-order valence-electron chi connectivity index (χ3n) is 4.64. The van der Waals surface area contributed by atoms with Gasteiger partial charge >= 0.3 is 0 Å². The molecule has 1 saturated heterocycles. The van der Waals surface area contributed by atoms with Gasteiger partial charge in [-0.15, -0.1) is 0 Å². The van der Waals surface area contributed by atoms with Crippen LogP contribution in [-0.4, -0.2) is 39.4 Å². The van der Waals surface area contributed by atoms with Crippen LogP contribution >= 0.6 is 0 Å². The van der Waals surface area contributed by atoms with Crippen LogP contribution in [0.15, 0.2) is 23.5 Å². The zero-order valence-electron chi connectivity index (χ0n) is 11.9. The summed E-state index contributed by atoms with van der Waals surface area (Å²) in [7, 11) is 0. The molecule has 1 aromatic rings. The lowest BCUT2D eigenvalue weighted by atomic mass is 9.91. The lowest BCUT2D eigenvalue weighted by Gasteiger charge is -2.37. The molecule has 0 radical (unpaired) electrons. The van der Waals surface area contributed by atoms with E-state index in [2.05, 4.69) is 10.1 Å². The molecule has 2 atom stereocenters. The molecule has 1 aliphatic carbocycles. The zero-order chi connectivity index (χ0) is 14.8. The molecule has 112 valence electrons. The summed E-state index contributed by atoms with van der Waals surface area (Å²) < 4.78 is 0. The molecule has 1 amide bonds. The molecule has 0 aromatic carbocycles. The van der Waals surface area contributed by atoms with E-state index in [1.165, 1.54) is 25.5 Å². The monoisotopic (exact) mass is 288 g/mol. The molecular formula is C15H20N4O2. The Balaban J connectivity index is 1.78. The van der Waals surface area contributed by atoms with E-state index in [0.29, 0.717) is 23.2 Å². The first kappa shape index (κ1) is 13.9. The summed E-state index contributed by atoms with van der Waals surface area (Å²) >= 11 is 0. The fourth-order valence-electron chi connectivity index (χ4n) is 3.58. The lowest BCUT2D eigenvalue weighted by Crippen LogP contribution is -2.46. The highest BCUT2D eigenvalue weighted by Crippen LogP contribution is 2.37. The summed E-state index contributed by atoms with van der Waals surface area (Å²) in [5, 5.41) is 11.6. The van der Waals surface area contributed by atoms with E-state index >= 15 is 0 Å². The summed E-state index contributed by atoms with van der Waals surface area (Å²) in [5.41, 5.74) is 6.43. The number of rotatable bonds is 2. The van der Waals surface area contributed by atoms with Crippen molar-refractivity contribution in [3.05, 3.63) is 29.6 Å². The van der Waals surface area contributed by atoms with Crippen molar-refractivity contribution in [1.82, 2.24) is 9.88 Å². The molecule has 2 heterocycles. The highest BCUT2D eigenvalue weighted by atomic mass is 16.4. The first-order valence-corrected chi connectivity index (χ1v) is 7.45. The van der Waals surface area contributed by atoms with Crippen LogP contribution < -0.4 is 5.73 Å². The minimum Gasteiger partial charge on any atom is -0.409 e. The van der Waals surface area contributed by atoms with Crippen LogP contribution in [0, 0.1) is 5.92 Å². The number of hydrogen-bond acceptors (Lipinski definition) is 4. The number of carbonyl (C=O) groups is 1. The molecule has 1 saturated carbocycles. The molecular weight excluding hydrogens is 268 g/mol. The van der Waals surface area contributed by atoms with Crippen LogP contribution in [0.5, 0.6) is 0 Å². The topological polar surface area (TPSA) is 91.8 Å². The van der Waals surface area contributed by atoms with Crippen molar-refractivity contribution >= 4 is 11.7 Å². The number of pyridine rings is 1. The van der Waals surface area contributed by atoms with Crippen LogP contribution in [0.1, 0.15) is 48.2 Å². The lowest BCUT2D eigenvalue weighted by molar-refractivity contribution is 0.0542. The molecule has 21 heavy (non-hydrogen) atoms. The third kappa shape index (κ3) is 2.57. The minimum atomic E-state index is -0.00433. The summed E-state index contributed by atoms with van der Waals surface area (Å²) in [4.78, 5) is 18.8. The largest absolute Gasteiger partial charge is 0.409 e. The fraction of sp³-hybridized carbons (Fsp3) is 0.533. The Morgan fingerprint density at radius 1 is 1.33 bits per heavy atom. The predicted molar refractivity (Wildman–Crippen MR) is 78.1 cm³/mol. The molecule has 1 aliphatic heterocycles. The van der Waals surface area contributed by atoms with Crippen molar-refractivity contribution in [2.75, 3.05) is 6.54 Å². The Bertz CT molecular complexity index is 555. The van der Waals surface area contributed by atoms with Gasteiger partial charge in [0.2, 0.25) is 0 Å². The molecule has 3 N–H and O–H groups in total. The van der Waals surface area contributed by atoms with Crippen molar-refractivity contribution in [3.8, 4) is 0 Å². The highest BCUT2D eigenvalue weighted by Gasteiger charge is 2.37. The molecule has 3 rings (SSSR count). The van der Waals surface area contributed by atoms with E-state index in [1.807, 2.05) is 4.90 Å². The highest BCUT2D eigenvalue weighted by molar-refractivity contribution is 5.98. The minimum absolute atomic E-state index is 0.00217. The van der Waals surface area contributed by atoms with Crippen LogP contribution in [0.25, 0.3) is 0 Å². The molecule has 0 spiro atoms. The van der Waals surface area contributed by atoms with E-state index < -0.39 is 0 Å². The number of amides is 1. The third-order valence-corrected chi connectivity index (χ3v) is 4.64. The quantitative estimate of drug-likeness (QED) is 0.374. The van der Waals surface area contributed by atoms with E-state index in [4.69, 9.17) is 10.9 Å². The van der Waals surface area contributed by atoms with Crippen molar-refractivity contribution in [3.63, 3.8) is 0 Å². The van der Waals surface area contributed by atoms with E-state index in [0.717, 1.165) is 19.4 Å². The Morgan fingerprint density at radius 2 is 2.14 bits per heavy atom. The molecule has 6 heteroatoms. The predicted octanol–water partition coefficient (Wildman–Crippen LogP) is 1.58. The number of likely N-dealkylation sites (tertiary alicyclic amines) is 1. The smallest absolute Gasteiger partial charge is 0.272 e. The van der Waals surface area contributed by atoms with Gasteiger partial charge in [0.15, 0.2) is 5.84 Å². The SMILES string of the molecule is NC(=NO)c1ccc(C(=O)N2CCCC3CCCC32)nc1. The van der Waals surface area contributed by atoms with Gasteiger partial charge in [0, 0.05) is 24.3 Å². The second kappa shape index (κ2) is 5.71. The van der Waals surface area contributed by atoms with Gasteiger partial charge in [-0.25, -0.2) is 0 Å². The van der Waals surface area contributed by atoms with E-state index in [1.54, 1.807) is 12.1 Å². The second-order valence-electron chi connectivity index (χ2n) is 5.82. The van der Waals surface area contributed by atoms with Crippen molar-refractivity contribution < 1.29 is 10.0 Å². The standard InChI is InChI=1S/C15H20N4O2/c16-14(18-21)11-6-7-12(17-9-11)15(20)19-8-2-4-10-3-1-5-13(10)19/h6-7,9-10,13,21H,1-5,8H2,(H2,16,18). The summed E-state index contributed by atoms with van der Waals surface area (Å²) in [6.07, 6.45) is 7.36.